The van der Waals surface area contributed by atoms with Crippen LogP contribution in [0.5, 0.6) is 5.75 Å². The number of amides is 1. The van der Waals surface area contributed by atoms with Gasteiger partial charge in [0, 0.05) is 16.7 Å². The molecule has 0 spiro atoms. The van der Waals surface area contributed by atoms with Gasteiger partial charge in [-0.3, -0.25) is 10.1 Å². The van der Waals surface area contributed by atoms with Gasteiger partial charge < -0.3 is 18.9 Å². The summed E-state index contributed by atoms with van der Waals surface area (Å²) in [6.45, 7) is 3.17. The molecule has 5 aromatic carbocycles. The molecule has 0 saturated heterocycles. The quantitative estimate of drug-likeness (QED) is 0.0446. The third-order valence-corrected chi connectivity index (χ3v) is 7.98. The molecule has 1 aliphatic rings. The fraction of sp³-hybridized carbons (Fsp3) is 0.122. The third kappa shape index (κ3) is 8.14. The average Bonchev–Trinajstić information content (AvgIpc) is 3.53. The Hall–Kier alpha value is -6.48. The van der Waals surface area contributed by atoms with E-state index in [0.717, 1.165) is 23.1 Å². The van der Waals surface area contributed by atoms with Crippen LogP contribution in [0.15, 0.2) is 134 Å². The van der Waals surface area contributed by atoms with Crippen molar-refractivity contribution in [2.24, 2.45) is 0 Å². The van der Waals surface area contributed by atoms with Gasteiger partial charge in [-0.1, -0.05) is 110 Å². The fourth-order valence-corrected chi connectivity index (χ4v) is 5.59. The summed E-state index contributed by atoms with van der Waals surface area (Å²) in [4.78, 5) is 51.6. The van der Waals surface area contributed by atoms with Crippen LogP contribution in [0.25, 0.3) is 11.1 Å². The van der Waals surface area contributed by atoms with Crippen molar-refractivity contribution in [1.82, 2.24) is 5.32 Å². The summed E-state index contributed by atoms with van der Waals surface area (Å²) < 4.78 is 21.9. The number of alkyl carbamates (subject to hydrolysis) is 1. The van der Waals surface area contributed by atoms with Gasteiger partial charge in [-0.15, -0.1) is 0 Å². The van der Waals surface area contributed by atoms with E-state index in [0.29, 0.717) is 16.7 Å². The highest BCUT2D eigenvalue weighted by molar-refractivity contribution is 6.10. The van der Waals surface area contributed by atoms with Gasteiger partial charge in [-0.2, -0.15) is 0 Å². The topological polar surface area (TPSA) is 117 Å². The van der Waals surface area contributed by atoms with Gasteiger partial charge in [0.05, 0.1) is 5.56 Å². The molecule has 1 unspecified atom stereocenters. The molecule has 0 heterocycles. The van der Waals surface area contributed by atoms with Crippen LogP contribution < -0.4 is 10.1 Å². The maximum absolute atomic E-state index is 13.5. The number of hydrogen-bond donors (Lipinski definition) is 1. The number of benzene rings is 5. The van der Waals surface area contributed by atoms with Gasteiger partial charge in [-0.05, 0) is 58.5 Å². The highest BCUT2D eigenvalue weighted by atomic mass is 16.6. The van der Waals surface area contributed by atoms with Gasteiger partial charge in [-0.25, -0.2) is 14.4 Å². The summed E-state index contributed by atoms with van der Waals surface area (Å²) >= 11 is 0. The van der Waals surface area contributed by atoms with Crippen molar-refractivity contribution in [3.63, 3.8) is 0 Å². The first kappa shape index (κ1) is 33.4. The second kappa shape index (κ2) is 15.6. The standard InChI is InChI=1S/C41H33NO8/c1-2-20-47-37(43)26-48-34-16-9-14-31(24-34)39(50-40(45)32-15-8-13-30(23-32)38(44)28-10-4-3-5-11-28)42-41(46)49-25-27-18-19-36-33(21-27)22-29-12-6-7-17-35(29)36/h2-19,21,23-24,39H,1,20,22,25-26H2,(H,42,46). The minimum Gasteiger partial charge on any atom is -0.482 e. The smallest absolute Gasteiger partial charge is 0.410 e. The third-order valence-electron chi connectivity index (χ3n) is 7.98. The van der Waals surface area contributed by atoms with E-state index in [2.05, 4.69) is 24.0 Å². The largest absolute Gasteiger partial charge is 0.482 e. The fourth-order valence-electron chi connectivity index (χ4n) is 5.59. The first-order valence-corrected chi connectivity index (χ1v) is 15.9. The Bertz CT molecular complexity index is 2060. The first-order chi connectivity index (χ1) is 24.4. The Morgan fingerprint density at radius 3 is 2.30 bits per heavy atom. The highest BCUT2D eigenvalue weighted by Crippen LogP contribution is 2.36. The van der Waals surface area contributed by atoms with Crippen LogP contribution in [0.3, 0.4) is 0 Å². The zero-order chi connectivity index (χ0) is 34.9. The van der Waals surface area contributed by atoms with E-state index in [1.165, 1.54) is 35.4 Å². The van der Waals surface area contributed by atoms with E-state index in [4.69, 9.17) is 18.9 Å². The van der Waals surface area contributed by atoms with Crippen molar-refractivity contribution in [2.75, 3.05) is 13.2 Å². The van der Waals surface area contributed by atoms with E-state index < -0.39 is 24.3 Å². The van der Waals surface area contributed by atoms with Crippen LogP contribution in [0.4, 0.5) is 4.79 Å². The van der Waals surface area contributed by atoms with Crippen molar-refractivity contribution in [2.45, 2.75) is 19.3 Å². The normalized spacial score (nSPS) is 11.7. The van der Waals surface area contributed by atoms with Crippen molar-refractivity contribution < 1.29 is 38.1 Å². The van der Waals surface area contributed by atoms with E-state index in [1.807, 2.05) is 36.4 Å². The number of rotatable bonds is 13. The molecule has 0 saturated carbocycles. The zero-order valence-corrected chi connectivity index (χ0v) is 27.0. The summed E-state index contributed by atoms with van der Waals surface area (Å²) in [5.41, 5.74) is 6.76. The molecular weight excluding hydrogens is 634 g/mol. The van der Waals surface area contributed by atoms with Gasteiger partial charge >= 0.3 is 18.0 Å². The number of ketones is 1. The average molecular weight is 668 g/mol. The van der Waals surface area contributed by atoms with Crippen LogP contribution in [0, 0.1) is 0 Å². The molecule has 0 aromatic heterocycles. The molecular formula is C41H33NO8. The maximum Gasteiger partial charge on any atom is 0.410 e. The highest BCUT2D eigenvalue weighted by Gasteiger charge is 2.24. The lowest BCUT2D eigenvalue weighted by Gasteiger charge is -2.20. The van der Waals surface area contributed by atoms with Gasteiger partial charge in [0.2, 0.25) is 6.23 Å². The lowest BCUT2D eigenvalue weighted by Crippen LogP contribution is -2.32. The molecule has 1 amide bonds. The van der Waals surface area contributed by atoms with Crippen molar-refractivity contribution in [3.05, 3.63) is 173 Å². The number of ether oxygens (including phenoxy) is 4. The lowest BCUT2D eigenvalue weighted by molar-refractivity contribution is -0.144. The predicted octanol–water partition coefficient (Wildman–Crippen LogP) is 7.38. The number of esters is 2. The Morgan fingerprint density at radius 2 is 1.46 bits per heavy atom. The van der Waals surface area contributed by atoms with Crippen LogP contribution in [-0.4, -0.2) is 37.0 Å². The maximum atomic E-state index is 13.5. The van der Waals surface area contributed by atoms with E-state index in [9.17, 15) is 19.2 Å². The predicted molar refractivity (Wildman–Crippen MR) is 186 cm³/mol. The molecule has 0 bridgehead atoms. The molecule has 0 radical (unpaired) electrons. The molecule has 1 aliphatic carbocycles. The number of carbonyl (C=O) groups excluding carboxylic acids is 4. The number of nitrogens with one attached hydrogen (secondary N) is 1. The minimum absolute atomic E-state index is 0.0181. The molecule has 0 aliphatic heterocycles. The van der Waals surface area contributed by atoms with Crippen LogP contribution in [0.1, 0.15) is 54.8 Å². The van der Waals surface area contributed by atoms with Gasteiger partial charge in [0.1, 0.15) is 19.0 Å². The van der Waals surface area contributed by atoms with E-state index >= 15 is 0 Å². The molecule has 6 rings (SSSR count). The van der Waals surface area contributed by atoms with Crippen molar-refractivity contribution >= 4 is 23.8 Å². The van der Waals surface area contributed by atoms with E-state index in [1.54, 1.807) is 54.6 Å². The molecule has 50 heavy (non-hydrogen) atoms. The molecule has 250 valence electrons. The SMILES string of the molecule is C=CCOC(=O)COc1cccc(C(NC(=O)OCc2ccc3c(c2)Cc2ccccc2-3)OC(=O)c2cccc(C(=O)c3ccccc3)c2)c1. The van der Waals surface area contributed by atoms with Crippen LogP contribution in [0.2, 0.25) is 0 Å². The van der Waals surface area contributed by atoms with Gasteiger partial charge in [0.15, 0.2) is 12.4 Å². The molecule has 5 aromatic rings. The molecule has 1 atom stereocenters. The van der Waals surface area contributed by atoms with Crippen LogP contribution >= 0.6 is 0 Å². The Kier molecular flexibility index (Phi) is 10.4. The summed E-state index contributed by atoms with van der Waals surface area (Å²) in [7, 11) is 0. The zero-order valence-electron chi connectivity index (χ0n) is 27.0. The summed E-state index contributed by atoms with van der Waals surface area (Å²) in [6.07, 6.45) is 0.0820. The Balaban J connectivity index is 1.17. The van der Waals surface area contributed by atoms with Gasteiger partial charge in [0.25, 0.3) is 0 Å². The minimum atomic E-state index is -1.32. The number of hydrogen-bond acceptors (Lipinski definition) is 8. The second-order valence-electron chi connectivity index (χ2n) is 11.4. The Morgan fingerprint density at radius 1 is 0.720 bits per heavy atom. The summed E-state index contributed by atoms with van der Waals surface area (Å²) in [6, 6.07) is 35.4. The molecule has 9 nitrogen and oxygen atoms in total. The summed E-state index contributed by atoms with van der Waals surface area (Å²) in [5.74, 6) is -1.38. The Labute approximate surface area is 289 Å². The van der Waals surface area contributed by atoms with Crippen LogP contribution in [-0.2, 0) is 32.0 Å². The van der Waals surface area contributed by atoms with Crippen molar-refractivity contribution in [3.8, 4) is 16.9 Å². The molecule has 1 N–H and O–H groups in total. The monoisotopic (exact) mass is 667 g/mol. The van der Waals surface area contributed by atoms with E-state index in [-0.39, 0.29) is 36.9 Å². The number of carbonyl (C=O) groups is 4. The number of fused-ring (bicyclic) bond motifs is 3. The second-order valence-corrected chi connectivity index (χ2v) is 11.4. The summed E-state index contributed by atoms with van der Waals surface area (Å²) in [5, 5.41) is 2.62. The van der Waals surface area contributed by atoms with Crippen molar-refractivity contribution in [1.29, 1.82) is 0 Å². The first-order valence-electron chi connectivity index (χ1n) is 15.9. The molecule has 0 fully saturated rings. The molecule has 9 heteroatoms. The lowest BCUT2D eigenvalue weighted by atomic mass is 10.0.